The average Bonchev–Trinajstić information content (AvgIpc) is 2.69. The Morgan fingerprint density at radius 1 is 1.22 bits per heavy atom. The first kappa shape index (κ1) is 21.8. The molecule has 2 heterocycles. The predicted molar refractivity (Wildman–Crippen MR) is 111 cm³/mol. The van der Waals surface area contributed by atoms with Crippen molar-refractivity contribution in [3.05, 3.63) is 59.9 Å². The maximum atomic E-state index is 13.3. The van der Waals surface area contributed by atoms with E-state index in [0.717, 1.165) is 17.5 Å². The quantitative estimate of drug-likeness (QED) is 0.820. The summed E-state index contributed by atoms with van der Waals surface area (Å²) in [5.74, 6) is 0. The minimum absolute atomic E-state index is 0. The van der Waals surface area contributed by atoms with Gasteiger partial charge in [-0.3, -0.25) is 4.98 Å². The van der Waals surface area contributed by atoms with Crippen LogP contribution in [-0.4, -0.2) is 37.3 Å². The smallest absolute Gasteiger partial charge is 0.243 e. The highest BCUT2D eigenvalue weighted by Gasteiger charge is 2.34. The molecule has 1 saturated heterocycles. The average molecular weight is 410 g/mol. The van der Waals surface area contributed by atoms with Crippen molar-refractivity contribution >= 4 is 22.4 Å². The molecule has 1 aliphatic rings. The fraction of sp³-hybridized carbons (Fsp3) is 0.450. The number of pyridine rings is 1. The van der Waals surface area contributed by atoms with Gasteiger partial charge in [-0.1, -0.05) is 39.0 Å². The van der Waals surface area contributed by atoms with Gasteiger partial charge in [0.2, 0.25) is 10.0 Å². The van der Waals surface area contributed by atoms with Crippen molar-refractivity contribution in [2.24, 2.45) is 0 Å². The molecule has 1 unspecified atom stereocenters. The van der Waals surface area contributed by atoms with Crippen molar-refractivity contribution in [2.75, 3.05) is 19.6 Å². The molecule has 27 heavy (non-hydrogen) atoms. The monoisotopic (exact) mass is 409 g/mol. The number of halogens is 1. The lowest BCUT2D eigenvalue weighted by Gasteiger charge is -2.35. The Kier molecular flexibility index (Phi) is 7.03. The van der Waals surface area contributed by atoms with Gasteiger partial charge in [0.05, 0.1) is 10.9 Å². The molecule has 1 aromatic heterocycles. The van der Waals surface area contributed by atoms with Gasteiger partial charge in [0.25, 0.3) is 0 Å². The molecule has 0 saturated carbocycles. The van der Waals surface area contributed by atoms with Gasteiger partial charge < -0.3 is 5.32 Å². The molecular weight excluding hydrogens is 382 g/mol. The third-order valence-corrected chi connectivity index (χ3v) is 7.31. The Morgan fingerprint density at radius 3 is 2.52 bits per heavy atom. The van der Waals surface area contributed by atoms with E-state index in [9.17, 15) is 8.42 Å². The van der Waals surface area contributed by atoms with Gasteiger partial charge in [-0.25, -0.2) is 8.42 Å². The Hall–Kier alpha value is -1.47. The lowest BCUT2D eigenvalue weighted by atomic mass is 9.82. The maximum Gasteiger partial charge on any atom is 0.243 e. The van der Waals surface area contributed by atoms with Gasteiger partial charge in [-0.2, -0.15) is 4.31 Å². The zero-order valence-electron chi connectivity index (χ0n) is 16.1. The molecule has 0 radical (unpaired) electrons. The molecule has 1 atom stereocenters. The van der Waals surface area contributed by atoms with Crippen LogP contribution in [0.1, 0.15) is 44.4 Å². The van der Waals surface area contributed by atoms with Crippen molar-refractivity contribution in [2.45, 2.75) is 43.5 Å². The van der Waals surface area contributed by atoms with Crippen LogP contribution in [-0.2, 0) is 15.4 Å². The Balaban J connectivity index is 0.00000261. The second-order valence-electron chi connectivity index (χ2n) is 7.38. The van der Waals surface area contributed by atoms with Crippen LogP contribution < -0.4 is 5.32 Å². The molecule has 1 fully saturated rings. The van der Waals surface area contributed by atoms with Gasteiger partial charge >= 0.3 is 0 Å². The first-order valence-corrected chi connectivity index (χ1v) is 10.5. The minimum Gasteiger partial charge on any atom is -0.313 e. The molecule has 3 rings (SSSR count). The van der Waals surface area contributed by atoms with Crippen molar-refractivity contribution in [3.63, 3.8) is 0 Å². The third-order valence-electron chi connectivity index (χ3n) is 5.39. The number of nitrogens with zero attached hydrogens (tertiary/aromatic N) is 2. The normalized spacial score (nSPS) is 18.7. The van der Waals surface area contributed by atoms with Crippen LogP contribution in [0.5, 0.6) is 0 Å². The highest BCUT2D eigenvalue weighted by molar-refractivity contribution is 7.89. The number of rotatable bonds is 5. The lowest BCUT2D eigenvalue weighted by molar-refractivity contribution is 0.271. The van der Waals surface area contributed by atoms with Crippen molar-refractivity contribution in [1.29, 1.82) is 0 Å². The van der Waals surface area contributed by atoms with Crippen LogP contribution in [0.25, 0.3) is 0 Å². The molecule has 5 nitrogen and oxygen atoms in total. The number of hydrogen-bond acceptors (Lipinski definition) is 4. The van der Waals surface area contributed by atoms with Gasteiger partial charge in [0.1, 0.15) is 0 Å². The minimum atomic E-state index is -3.56. The zero-order valence-corrected chi connectivity index (χ0v) is 17.7. The fourth-order valence-electron chi connectivity index (χ4n) is 3.25. The molecule has 7 heteroatoms. The molecule has 1 N–H and O–H groups in total. The van der Waals surface area contributed by atoms with Crippen LogP contribution in [0.3, 0.4) is 0 Å². The SMILES string of the molecule is CCC(C)(C)c1ccc(S(=O)(=O)N2CCNCC2c2cccnc2)cc1.Cl. The number of benzene rings is 1. The molecule has 2 aromatic rings. The van der Waals surface area contributed by atoms with Crippen molar-refractivity contribution < 1.29 is 8.42 Å². The van der Waals surface area contributed by atoms with Gasteiger partial charge in [-0.15, -0.1) is 12.4 Å². The molecule has 1 aromatic carbocycles. The molecule has 0 bridgehead atoms. The van der Waals surface area contributed by atoms with E-state index in [1.165, 1.54) is 0 Å². The number of hydrogen-bond donors (Lipinski definition) is 1. The van der Waals surface area contributed by atoms with E-state index in [4.69, 9.17) is 0 Å². The molecular formula is C20H28ClN3O2S. The summed E-state index contributed by atoms with van der Waals surface area (Å²) in [5.41, 5.74) is 2.10. The summed E-state index contributed by atoms with van der Waals surface area (Å²) >= 11 is 0. The summed E-state index contributed by atoms with van der Waals surface area (Å²) in [6.07, 6.45) is 4.44. The summed E-state index contributed by atoms with van der Waals surface area (Å²) in [6.45, 7) is 8.17. The van der Waals surface area contributed by atoms with Gasteiger partial charge in [0.15, 0.2) is 0 Å². The summed E-state index contributed by atoms with van der Waals surface area (Å²) in [7, 11) is -3.56. The highest BCUT2D eigenvalue weighted by atomic mass is 35.5. The molecule has 1 aliphatic heterocycles. The fourth-order valence-corrected chi connectivity index (χ4v) is 4.86. The van der Waals surface area contributed by atoms with Crippen LogP contribution in [0.15, 0.2) is 53.7 Å². The van der Waals surface area contributed by atoms with Crippen LogP contribution in [0.4, 0.5) is 0 Å². The van der Waals surface area contributed by atoms with Crippen LogP contribution in [0, 0.1) is 0 Å². The summed E-state index contributed by atoms with van der Waals surface area (Å²) in [5, 5.41) is 3.29. The standard InChI is InChI=1S/C20H27N3O2S.ClH/c1-4-20(2,3)17-7-9-18(10-8-17)26(24,25)23-13-12-22-15-19(23)16-6-5-11-21-14-16;/h5-11,14,19,22H,4,12-13,15H2,1-3H3;1H. The van der Waals surface area contributed by atoms with E-state index in [2.05, 4.69) is 31.1 Å². The zero-order chi connectivity index (χ0) is 18.8. The maximum absolute atomic E-state index is 13.3. The predicted octanol–water partition coefficient (Wildman–Crippen LogP) is 3.53. The van der Waals surface area contributed by atoms with E-state index in [0.29, 0.717) is 24.5 Å². The molecule has 148 valence electrons. The Labute approximate surface area is 168 Å². The number of piperazine rings is 1. The topological polar surface area (TPSA) is 62.3 Å². The molecule has 0 spiro atoms. The Morgan fingerprint density at radius 2 is 1.93 bits per heavy atom. The van der Waals surface area contributed by atoms with Crippen LogP contribution in [0.2, 0.25) is 0 Å². The summed E-state index contributed by atoms with van der Waals surface area (Å²) in [4.78, 5) is 4.50. The largest absolute Gasteiger partial charge is 0.313 e. The molecule has 0 amide bonds. The number of nitrogens with one attached hydrogen (secondary N) is 1. The van der Waals surface area contributed by atoms with E-state index in [-0.39, 0.29) is 23.9 Å². The second kappa shape index (κ2) is 8.69. The highest BCUT2D eigenvalue weighted by Crippen LogP contribution is 2.31. The number of sulfonamides is 1. The van der Waals surface area contributed by atoms with Crippen molar-refractivity contribution in [3.8, 4) is 0 Å². The van der Waals surface area contributed by atoms with E-state index >= 15 is 0 Å². The van der Waals surface area contributed by atoms with E-state index in [1.54, 1.807) is 28.8 Å². The van der Waals surface area contributed by atoms with Gasteiger partial charge in [0, 0.05) is 32.0 Å². The van der Waals surface area contributed by atoms with E-state index in [1.807, 2.05) is 24.3 Å². The third kappa shape index (κ3) is 4.51. The summed E-state index contributed by atoms with van der Waals surface area (Å²) in [6, 6.07) is 10.9. The summed E-state index contributed by atoms with van der Waals surface area (Å²) < 4.78 is 28.2. The number of aromatic nitrogens is 1. The molecule has 0 aliphatic carbocycles. The first-order valence-electron chi connectivity index (χ1n) is 9.09. The second-order valence-corrected chi connectivity index (χ2v) is 9.27. The van der Waals surface area contributed by atoms with Crippen LogP contribution >= 0.6 is 12.4 Å². The van der Waals surface area contributed by atoms with Crippen molar-refractivity contribution in [1.82, 2.24) is 14.6 Å². The lowest BCUT2D eigenvalue weighted by Crippen LogP contribution is -2.48. The first-order chi connectivity index (χ1) is 12.4. The van der Waals surface area contributed by atoms with Gasteiger partial charge in [-0.05, 0) is 41.2 Å². The van der Waals surface area contributed by atoms with E-state index < -0.39 is 10.0 Å². The Bertz CT molecular complexity index is 839.